The SMILES string of the molecule is c1csc(C2CC(c3cccs3)CC(C3CC(c4cccs4)CC(C4CC(c5cccs5)CC(C5CC(c6cccs6)CC(c6cccs6)C5)C4)C3)C2)c1. The summed E-state index contributed by atoms with van der Waals surface area (Å²) in [5.41, 5.74) is 0. The average molecular weight is 823 g/mol. The molecule has 4 saturated carbocycles. The van der Waals surface area contributed by atoms with Crippen LogP contribution in [-0.4, -0.2) is 0 Å². The largest absolute Gasteiger partial charge is 0.149 e. The van der Waals surface area contributed by atoms with Crippen molar-refractivity contribution < 1.29 is 0 Å². The summed E-state index contributed by atoms with van der Waals surface area (Å²) in [7, 11) is 0. The third-order valence-electron chi connectivity index (χ3n) is 14.7. The molecule has 6 aromatic rings. The van der Waals surface area contributed by atoms with Crippen molar-refractivity contribution >= 4 is 68.0 Å². The summed E-state index contributed by atoms with van der Waals surface area (Å²) >= 11 is 12.2. The quantitative estimate of drug-likeness (QED) is 0.136. The first-order valence-electron chi connectivity index (χ1n) is 20.9. The van der Waals surface area contributed by atoms with E-state index < -0.39 is 0 Å². The number of thiophene rings is 6. The van der Waals surface area contributed by atoms with Gasteiger partial charge in [-0.25, -0.2) is 0 Å². The van der Waals surface area contributed by atoms with Crippen LogP contribution in [-0.2, 0) is 0 Å². The topological polar surface area (TPSA) is 0 Å². The Morgan fingerprint density at radius 3 is 0.611 bits per heavy atom. The van der Waals surface area contributed by atoms with Gasteiger partial charge >= 0.3 is 0 Å². The van der Waals surface area contributed by atoms with Gasteiger partial charge in [0.05, 0.1) is 0 Å². The molecule has 0 bridgehead atoms. The molecule has 0 aromatic carbocycles. The highest BCUT2D eigenvalue weighted by Crippen LogP contribution is 2.58. The fraction of sp³-hybridized carbons (Fsp3) is 0.500. The van der Waals surface area contributed by atoms with Gasteiger partial charge in [-0.2, -0.15) is 0 Å². The van der Waals surface area contributed by atoms with Crippen LogP contribution in [0.2, 0.25) is 0 Å². The van der Waals surface area contributed by atoms with E-state index in [0.717, 1.165) is 71.0 Å². The van der Waals surface area contributed by atoms with Gasteiger partial charge in [0.15, 0.2) is 0 Å². The Bertz CT molecular complexity index is 1720. The summed E-state index contributed by atoms with van der Waals surface area (Å²) in [5, 5.41) is 14.0. The van der Waals surface area contributed by atoms with Crippen LogP contribution in [0.25, 0.3) is 0 Å². The second-order valence-electron chi connectivity index (χ2n) is 17.7. The van der Waals surface area contributed by atoms with Crippen molar-refractivity contribution in [3.05, 3.63) is 134 Å². The summed E-state index contributed by atoms with van der Waals surface area (Å²) in [6.07, 6.45) is 16.9. The molecule has 10 unspecified atom stereocenters. The lowest BCUT2D eigenvalue weighted by molar-refractivity contribution is 0.0547. The first-order chi connectivity index (χ1) is 26.7. The molecule has 10 rings (SSSR count). The molecule has 6 aromatic heterocycles. The number of hydrogen-bond donors (Lipinski definition) is 0. The lowest BCUT2D eigenvalue weighted by atomic mass is 9.57. The van der Waals surface area contributed by atoms with E-state index in [2.05, 4.69) is 128 Å². The second-order valence-corrected chi connectivity index (χ2v) is 23.5. The van der Waals surface area contributed by atoms with Crippen molar-refractivity contribution in [2.75, 3.05) is 0 Å². The van der Waals surface area contributed by atoms with Crippen LogP contribution in [0.5, 0.6) is 0 Å². The highest BCUT2D eigenvalue weighted by Gasteiger charge is 2.46. The van der Waals surface area contributed by atoms with Gasteiger partial charge in [0, 0.05) is 29.3 Å². The van der Waals surface area contributed by atoms with E-state index in [0.29, 0.717) is 0 Å². The van der Waals surface area contributed by atoms with Gasteiger partial charge in [-0.3, -0.25) is 0 Å². The smallest absolute Gasteiger partial charge is 0.00765 e. The molecule has 0 spiro atoms. The van der Waals surface area contributed by atoms with E-state index >= 15 is 0 Å². The van der Waals surface area contributed by atoms with Crippen LogP contribution < -0.4 is 0 Å². The lowest BCUT2D eigenvalue weighted by Crippen LogP contribution is -2.38. The molecule has 0 N–H and O–H groups in total. The Labute approximate surface area is 347 Å². The van der Waals surface area contributed by atoms with Crippen LogP contribution >= 0.6 is 68.0 Å². The highest BCUT2D eigenvalue weighted by atomic mass is 32.1. The molecule has 0 amide bonds. The molecule has 6 heterocycles. The van der Waals surface area contributed by atoms with Gasteiger partial charge in [-0.05, 0) is 217 Å². The standard InChI is InChI=1S/C48H54S6/c1-7-43(49-13-1)37-21-31(19-33(23-37)35-25-39(45-9-3-15-51-45)29-40(26-35)46-10-4-16-52-46)32-20-34(24-38(22-32)44-8-2-14-50-44)36-27-41(47-11-5-17-53-47)30-42(28-36)48-12-6-18-54-48/h1-18,31-42H,19-30H2. The van der Waals surface area contributed by atoms with Crippen LogP contribution in [0.3, 0.4) is 0 Å². The minimum absolute atomic E-state index is 0.720. The summed E-state index contributed by atoms with van der Waals surface area (Å²) in [6, 6.07) is 28.7. The maximum atomic E-state index is 2.49. The molecule has 4 aliphatic carbocycles. The molecule has 54 heavy (non-hydrogen) atoms. The number of hydrogen-bond acceptors (Lipinski definition) is 6. The normalized spacial score (nSPS) is 34.9. The molecule has 6 heteroatoms. The van der Waals surface area contributed by atoms with Crippen molar-refractivity contribution in [2.24, 2.45) is 35.5 Å². The minimum atomic E-state index is 0.720. The van der Waals surface area contributed by atoms with Gasteiger partial charge < -0.3 is 0 Å². The van der Waals surface area contributed by atoms with E-state index in [1.807, 2.05) is 45.3 Å². The lowest BCUT2D eigenvalue weighted by Gasteiger charge is -2.49. The molecule has 0 radical (unpaired) electrons. The fourth-order valence-electron chi connectivity index (χ4n) is 12.4. The molecule has 10 atom stereocenters. The van der Waals surface area contributed by atoms with Gasteiger partial charge in [-0.15, -0.1) is 68.0 Å². The Morgan fingerprint density at radius 2 is 0.426 bits per heavy atom. The van der Waals surface area contributed by atoms with Gasteiger partial charge in [0.2, 0.25) is 0 Å². The molecule has 0 nitrogen and oxygen atoms in total. The Kier molecular flexibility index (Phi) is 11.2. The number of rotatable bonds is 9. The minimum Gasteiger partial charge on any atom is -0.149 e. The predicted octanol–water partition coefficient (Wildman–Crippen LogP) is 16.5. The van der Waals surface area contributed by atoms with Crippen molar-refractivity contribution in [3.63, 3.8) is 0 Å². The summed E-state index contributed by atoms with van der Waals surface area (Å²) in [4.78, 5) is 9.94. The van der Waals surface area contributed by atoms with E-state index in [1.54, 1.807) is 29.3 Å². The molecule has 4 fully saturated rings. The van der Waals surface area contributed by atoms with Crippen molar-refractivity contribution in [2.45, 2.75) is 113 Å². The average Bonchev–Trinajstić information content (AvgIpc) is 4.09. The maximum Gasteiger partial charge on any atom is 0.00765 e. The zero-order valence-corrected chi connectivity index (χ0v) is 36.2. The van der Waals surface area contributed by atoms with Gasteiger partial charge in [-0.1, -0.05) is 36.4 Å². The van der Waals surface area contributed by atoms with Crippen molar-refractivity contribution in [1.82, 2.24) is 0 Å². The van der Waals surface area contributed by atoms with Crippen molar-refractivity contribution in [3.8, 4) is 0 Å². The zero-order chi connectivity index (χ0) is 35.8. The first-order valence-corrected chi connectivity index (χ1v) is 26.2. The molecular formula is C48H54S6. The Hall–Kier alpha value is -1.80. The third-order valence-corrected chi connectivity index (χ3v) is 20.9. The van der Waals surface area contributed by atoms with Gasteiger partial charge in [0.1, 0.15) is 0 Å². The van der Waals surface area contributed by atoms with Crippen LogP contribution in [0, 0.1) is 35.5 Å². The van der Waals surface area contributed by atoms with Gasteiger partial charge in [0.25, 0.3) is 0 Å². The van der Waals surface area contributed by atoms with E-state index in [1.165, 1.54) is 77.0 Å². The summed E-state index contributed by atoms with van der Waals surface area (Å²) in [5.74, 6) is 9.35. The Morgan fingerprint density at radius 1 is 0.241 bits per heavy atom. The maximum absolute atomic E-state index is 2.49. The van der Waals surface area contributed by atoms with E-state index in [4.69, 9.17) is 0 Å². The summed E-state index contributed by atoms with van der Waals surface area (Å²) < 4.78 is 0. The third kappa shape index (κ3) is 7.88. The molecule has 0 aliphatic heterocycles. The van der Waals surface area contributed by atoms with Crippen LogP contribution in [0.4, 0.5) is 0 Å². The van der Waals surface area contributed by atoms with E-state index in [9.17, 15) is 0 Å². The monoisotopic (exact) mass is 822 g/mol. The van der Waals surface area contributed by atoms with Crippen LogP contribution in [0.15, 0.2) is 105 Å². The molecule has 4 aliphatic rings. The molecular weight excluding hydrogens is 769 g/mol. The van der Waals surface area contributed by atoms with Crippen molar-refractivity contribution in [1.29, 1.82) is 0 Å². The first kappa shape index (κ1) is 36.5. The second kappa shape index (κ2) is 16.6. The fourth-order valence-corrected chi connectivity index (χ4v) is 17.5. The van der Waals surface area contributed by atoms with Crippen LogP contribution in [0.1, 0.15) is 142 Å². The Balaban J connectivity index is 0.954. The predicted molar refractivity (Wildman–Crippen MR) is 239 cm³/mol. The molecule has 282 valence electrons. The highest BCUT2D eigenvalue weighted by molar-refractivity contribution is 7.11. The molecule has 0 saturated heterocycles. The summed E-state index contributed by atoms with van der Waals surface area (Å²) in [6.45, 7) is 0. The van der Waals surface area contributed by atoms with E-state index in [-0.39, 0.29) is 0 Å². The zero-order valence-electron chi connectivity index (χ0n) is 31.3.